The van der Waals surface area contributed by atoms with Gasteiger partial charge in [0.25, 0.3) is 0 Å². The first-order valence-corrected chi connectivity index (χ1v) is 5.62. The first-order chi connectivity index (χ1) is 7.23. The highest BCUT2D eigenvalue weighted by Gasteiger charge is 2.22. The van der Waals surface area contributed by atoms with E-state index in [0.717, 1.165) is 18.6 Å². The van der Waals surface area contributed by atoms with E-state index in [2.05, 4.69) is 44.2 Å². The first-order valence-electron chi connectivity index (χ1n) is 5.62. The second-order valence-corrected chi connectivity index (χ2v) is 4.51. The van der Waals surface area contributed by atoms with Crippen molar-refractivity contribution in [1.82, 2.24) is 0 Å². The van der Waals surface area contributed by atoms with Crippen molar-refractivity contribution in [2.75, 3.05) is 6.61 Å². The second kappa shape index (κ2) is 4.09. The van der Waals surface area contributed by atoms with Gasteiger partial charge in [-0.1, -0.05) is 44.2 Å². The molecule has 0 radical (unpaired) electrons. The molecule has 0 amide bonds. The van der Waals surface area contributed by atoms with Gasteiger partial charge in [0.2, 0.25) is 0 Å². The van der Waals surface area contributed by atoms with Crippen LogP contribution < -0.4 is 4.74 Å². The standard InChI is InChI=1S/C14H18O/c1-3-14(2)9-6-10-15-13-8-5-4-7-12(13)11-14/h4-9H,3,10-11H2,1-2H3. The number of rotatable bonds is 1. The van der Waals surface area contributed by atoms with Gasteiger partial charge in [0, 0.05) is 0 Å². The van der Waals surface area contributed by atoms with Gasteiger partial charge < -0.3 is 4.74 Å². The highest BCUT2D eigenvalue weighted by Crippen LogP contribution is 2.33. The lowest BCUT2D eigenvalue weighted by Gasteiger charge is -2.27. The zero-order chi connectivity index (χ0) is 10.7. The molecule has 1 atom stereocenters. The van der Waals surface area contributed by atoms with Crippen LogP contribution in [0.15, 0.2) is 36.4 Å². The summed E-state index contributed by atoms with van der Waals surface area (Å²) in [5, 5.41) is 0. The van der Waals surface area contributed by atoms with Gasteiger partial charge in [-0.05, 0) is 29.9 Å². The Morgan fingerprint density at radius 1 is 1.33 bits per heavy atom. The van der Waals surface area contributed by atoms with E-state index in [1.165, 1.54) is 5.56 Å². The van der Waals surface area contributed by atoms with Crippen molar-refractivity contribution in [2.45, 2.75) is 26.7 Å². The summed E-state index contributed by atoms with van der Waals surface area (Å²) < 4.78 is 5.68. The average molecular weight is 202 g/mol. The van der Waals surface area contributed by atoms with Gasteiger partial charge in [0.05, 0.1) is 0 Å². The fraction of sp³-hybridized carbons (Fsp3) is 0.429. The Morgan fingerprint density at radius 3 is 2.93 bits per heavy atom. The van der Waals surface area contributed by atoms with Crippen molar-refractivity contribution in [3.63, 3.8) is 0 Å². The van der Waals surface area contributed by atoms with Crippen molar-refractivity contribution in [3.05, 3.63) is 42.0 Å². The van der Waals surface area contributed by atoms with E-state index >= 15 is 0 Å². The quantitative estimate of drug-likeness (QED) is 0.632. The van der Waals surface area contributed by atoms with Crippen LogP contribution in [0.2, 0.25) is 0 Å². The molecule has 0 fully saturated rings. The third-order valence-electron chi connectivity index (χ3n) is 3.23. The van der Waals surface area contributed by atoms with Crippen LogP contribution >= 0.6 is 0 Å². The van der Waals surface area contributed by atoms with Gasteiger partial charge in [0.1, 0.15) is 12.4 Å². The molecule has 80 valence electrons. The molecule has 0 saturated heterocycles. The van der Waals surface area contributed by atoms with Gasteiger partial charge in [-0.3, -0.25) is 0 Å². The van der Waals surface area contributed by atoms with Gasteiger partial charge in [-0.2, -0.15) is 0 Å². The van der Waals surface area contributed by atoms with Crippen LogP contribution in [-0.2, 0) is 6.42 Å². The Kier molecular flexibility index (Phi) is 2.81. The molecule has 0 N–H and O–H groups in total. The van der Waals surface area contributed by atoms with Crippen molar-refractivity contribution in [2.24, 2.45) is 5.41 Å². The van der Waals surface area contributed by atoms with Gasteiger partial charge in [-0.25, -0.2) is 0 Å². The van der Waals surface area contributed by atoms with Crippen LogP contribution in [0.3, 0.4) is 0 Å². The largest absolute Gasteiger partial charge is 0.489 e. The number of hydrogen-bond acceptors (Lipinski definition) is 1. The highest BCUT2D eigenvalue weighted by atomic mass is 16.5. The van der Waals surface area contributed by atoms with Crippen molar-refractivity contribution < 1.29 is 4.74 Å². The van der Waals surface area contributed by atoms with Crippen LogP contribution in [0, 0.1) is 5.41 Å². The molecule has 1 aromatic carbocycles. The van der Waals surface area contributed by atoms with E-state index in [0.29, 0.717) is 6.61 Å². The summed E-state index contributed by atoms with van der Waals surface area (Å²) in [6.45, 7) is 5.24. The molecule has 0 aromatic heterocycles. The van der Waals surface area contributed by atoms with E-state index < -0.39 is 0 Å². The Hall–Kier alpha value is -1.24. The maximum atomic E-state index is 5.68. The van der Waals surface area contributed by atoms with Crippen LogP contribution in [0.1, 0.15) is 25.8 Å². The average Bonchev–Trinajstić information content (AvgIpc) is 2.24. The molecule has 1 heterocycles. The van der Waals surface area contributed by atoms with E-state index in [4.69, 9.17) is 4.74 Å². The summed E-state index contributed by atoms with van der Waals surface area (Å²) in [6.07, 6.45) is 6.66. The molecule has 0 saturated carbocycles. The van der Waals surface area contributed by atoms with Crippen molar-refractivity contribution in [3.8, 4) is 5.75 Å². The summed E-state index contributed by atoms with van der Waals surface area (Å²) in [4.78, 5) is 0. The summed E-state index contributed by atoms with van der Waals surface area (Å²) in [5.74, 6) is 1.04. The van der Waals surface area contributed by atoms with E-state index in [1.807, 2.05) is 6.07 Å². The van der Waals surface area contributed by atoms with Crippen LogP contribution in [0.4, 0.5) is 0 Å². The van der Waals surface area contributed by atoms with E-state index in [1.54, 1.807) is 0 Å². The third-order valence-corrected chi connectivity index (χ3v) is 3.23. The third kappa shape index (κ3) is 2.23. The summed E-state index contributed by atoms with van der Waals surface area (Å²) in [7, 11) is 0. The Morgan fingerprint density at radius 2 is 2.13 bits per heavy atom. The minimum absolute atomic E-state index is 0.278. The number of hydrogen-bond donors (Lipinski definition) is 0. The maximum absolute atomic E-state index is 5.68. The smallest absolute Gasteiger partial charge is 0.122 e. The second-order valence-electron chi connectivity index (χ2n) is 4.51. The Bertz CT molecular complexity index is 367. The lowest BCUT2D eigenvalue weighted by molar-refractivity contribution is 0.330. The molecule has 2 rings (SSSR count). The fourth-order valence-electron chi connectivity index (χ4n) is 2.00. The molecule has 1 aromatic rings. The lowest BCUT2D eigenvalue weighted by atomic mass is 9.80. The molecule has 0 spiro atoms. The van der Waals surface area contributed by atoms with Gasteiger partial charge in [-0.15, -0.1) is 0 Å². The van der Waals surface area contributed by atoms with Gasteiger partial charge >= 0.3 is 0 Å². The van der Waals surface area contributed by atoms with Crippen LogP contribution in [-0.4, -0.2) is 6.61 Å². The minimum Gasteiger partial charge on any atom is -0.489 e. The first kappa shape index (κ1) is 10.3. The molecule has 0 aliphatic carbocycles. The van der Waals surface area contributed by atoms with Crippen LogP contribution in [0.25, 0.3) is 0 Å². The van der Waals surface area contributed by atoms with E-state index in [9.17, 15) is 0 Å². The molecule has 1 unspecified atom stereocenters. The normalized spacial score (nSPS) is 24.9. The zero-order valence-electron chi connectivity index (χ0n) is 9.49. The van der Waals surface area contributed by atoms with Crippen molar-refractivity contribution in [1.29, 1.82) is 0 Å². The lowest BCUT2D eigenvalue weighted by Crippen LogP contribution is -2.18. The van der Waals surface area contributed by atoms with E-state index in [-0.39, 0.29) is 5.41 Å². The number of benzene rings is 1. The predicted octanol–water partition coefficient (Wildman–Crippen LogP) is 3.59. The number of ether oxygens (including phenoxy) is 1. The molecule has 1 aliphatic rings. The Balaban J connectivity index is 2.35. The topological polar surface area (TPSA) is 9.23 Å². The predicted molar refractivity (Wildman–Crippen MR) is 63.2 cm³/mol. The molecular formula is C14H18O. The molecular weight excluding hydrogens is 184 g/mol. The summed E-state index contributed by atoms with van der Waals surface area (Å²) in [5.41, 5.74) is 1.60. The summed E-state index contributed by atoms with van der Waals surface area (Å²) in [6, 6.07) is 8.35. The monoisotopic (exact) mass is 202 g/mol. The van der Waals surface area contributed by atoms with Crippen molar-refractivity contribution >= 4 is 0 Å². The number of para-hydroxylation sites is 1. The SMILES string of the molecule is CCC1(C)C=CCOc2ccccc2C1. The number of fused-ring (bicyclic) bond motifs is 1. The minimum atomic E-state index is 0.278. The molecule has 1 aliphatic heterocycles. The van der Waals surface area contributed by atoms with Crippen LogP contribution in [0.5, 0.6) is 5.75 Å². The van der Waals surface area contributed by atoms with Gasteiger partial charge in [0.15, 0.2) is 0 Å². The molecule has 15 heavy (non-hydrogen) atoms. The number of allylic oxidation sites excluding steroid dienone is 1. The molecule has 1 heteroatoms. The fourth-order valence-corrected chi connectivity index (χ4v) is 2.00. The summed E-state index contributed by atoms with van der Waals surface area (Å²) >= 11 is 0. The molecule has 1 nitrogen and oxygen atoms in total. The maximum Gasteiger partial charge on any atom is 0.122 e. The highest BCUT2D eigenvalue weighted by molar-refractivity contribution is 5.35. The zero-order valence-corrected chi connectivity index (χ0v) is 9.49. The Labute approximate surface area is 91.8 Å². The molecule has 0 bridgehead atoms.